The van der Waals surface area contributed by atoms with Crippen molar-refractivity contribution < 1.29 is 9.31 Å². The molecule has 0 saturated carbocycles. The largest absolute Gasteiger partial charge is 0.494 e. The number of rotatable bonds is 4. The molecule has 1 saturated heterocycles. The minimum absolute atomic E-state index is 0.306. The Bertz CT molecular complexity index is 530. The van der Waals surface area contributed by atoms with Gasteiger partial charge in [-0.1, -0.05) is 30.8 Å². The predicted molar refractivity (Wildman–Crippen MR) is 89.1 cm³/mol. The monoisotopic (exact) mass is 285 g/mol. The van der Waals surface area contributed by atoms with Crippen LogP contribution in [-0.4, -0.2) is 18.3 Å². The fraction of sp³-hybridized carbons (Fsp3) is 0.412. The first-order valence-corrected chi connectivity index (χ1v) is 7.26. The Labute approximate surface area is 128 Å². The SMILES string of the molecule is C=CN/C=C(\C)c1ccc(B2OC(C)(C)C(C)(C)O2)cc1. The molecule has 1 fully saturated rings. The fourth-order valence-electron chi connectivity index (χ4n) is 2.15. The molecule has 4 heteroatoms. The number of nitrogens with one attached hydrogen (secondary N) is 1. The van der Waals surface area contributed by atoms with Gasteiger partial charge >= 0.3 is 7.12 Å². The summed E-state index contributed by atoms with van der Waals surface area (Å²) in [5.41, 5.74) is 2.74. The van der Waals surface area contributed by atoms with Crippen molar-refractivity contribution in [3.63, 3.8) is 0 Å². The molecule has 1 heterocycles. The Kier molecular flexibility index (Phi) is 4.31. The third-order valence-electron chi connectivity index (χ3n) is 4.31. The molecule has 0 aromatic heterocycles. The van der Waals surface area contributed by atoms with Gasteiger partial charge in [0, 0.05) is 6.20 Å². The van der Waals surface area contributed by atoms with Gasteiger partial charge in [0.25, 0.3) is 0 Å². The summed E-state index contributed by atoms with van der Waals surface area (Å²) < 4.78 is 12.1. The Hall–Kier alpha value is -1.52. The zero-order chi connectivity index (χ0) is 15.7. The minimum Gasteiger partial charge on any atom is -0.399 e. The second kappa shape index (κ2) is 5.70. The third-order valence-corrected chi connectivity index (χ3v) is 4.31. The maximum Gasteiger partial charge on any atom is 0.494 e. The summed E-state index contributed by atoms with van der Waals surface area (Å²) in [6.07, 6.45) is 3.58. The number of allylic oxidation sites excluding steroid dienone is 1. The van der Waals surface area contributed by atoms with Gasteiger partial charge in [0.2, 0.25) is 0 Å². The molecule has 3 nitrogen and oxygen atoms in total. The van der Waals surface area contributed by atoms with E-state index in [1.807, 2.05) is 6.20 Å². The van der Waals surface area contributed by atoms with E-state index in [1.54, 1.807) is 6.20 Å². The van der Waals surface area contributed by atoms with E-state index in [0.717, 1.165) is 16.6 Å². The van der Waals surface area contributed by atoms with E-state index in [2.05, 4.69) is 70.8 Å². The summed E-state index contributed by atoms with van der Waals surface area (Å²) in [6.45, 7) is 13.9. The van der Waals surface area contributed by atoms with E-state index in [-0.39, 0.29) is 18.3 Å². The van der Waals surface area contributed by atoms with Crippen LogP contribution < -0.4 is 10.8 Å². The molecular formula is C17H24BNO2. The maximum absolute atomic E-state index is 6.05. The summed E-state index contributed by atoms with van der Waals surface area (Å²) in [6, 6.07) is 8.28. The standard InChI is InChI=1S/C17H24BNO2/c1-7-19-12-13(2)14-8-10-15(11-9-14)18-20-16(3,4)17(5,6)21-18/h7-12,19H,1H2,2-6H3/b13-12+. The molecule has 0 amide bonds. The van der Waals surface area contributed by atoms with Crippen molar-refractivity contribution >= 4 is 18.2 Å². The van der Waals surface area contributed by atoms with Crippen LogP contribution in [0.25, 0.3) is 5.57 Å². The van der Waals surface area contributed by atoms with Crippen molar-refractivity contribution in [3.05, 3.63) is 48.8 Å². The second-order valence-corrected chi connectivity index (χ2v) is 6.41. The Morgan fingerprint density at radius 1 is 1.10 bits per heavy atom. The highest BCUT2D eigenvalue weighted by atomic mass is 16.7. The van der Waals surface area contributed by atoms with E-state index in [9.17, 15) is 0 Å². The van der Waals surface area contributed by atoms with Crippen molar-refractivity contribution in [2.45, 2.75) is 45.8 Å². The highest BCUT2D eigenvalue weighted by Crippen LogP contribution is 2.36. The topological polar surface area (TPSA) is 30.5 Å². The molecule has 1 aliphatic rings. The van der Waals surface area contributed by atoms with Gasteiger partial charge in [-0.25, -0.2) is 0 Å². The molecule has 1 aromatic rings. The lowest BCUT2D eigenvalue weighted by Crippen LogP contribution is -2.41. The van der Waals surface area contributed by atoms with Gasteiger partial charge in [-0.15, -0.1) is 0 Å². The lowest BCUT2D eigenvalue weighted by Gasteiger charge is -2.32. The molecule has 1 aliphatic heterocycles. The smallest absolute Gasteiger partial charge is 0.399 e. The van der Waals surface area contributed by atoms with Crippen LogP contribution in [0.4, 0.5) is 0 Å². The average Bonchev–Trinajstić information content (AvgIpc) is 2.65. The van der Waals surface area contributed by atoms with E-state index in [4.69, 9.17) is 9.31 Å². The molecule has 21 heavy (non-hydrogen) atoms. The van der Waals surface area contributed by atoms with Gasteiger partial charge in [0.05, 0.1) is 11.2 Å². The third kappa shape index (κ3) is 3.22. The van der Waals surface area contributed by atoms with Gasteiger partial charge in [0.15, 0.2) is 0 Å². The van der Waals surface area contributed by atoms with Gasteiger partial charge in [0.1, 0.15) is 0 Å². The molecule has 0 aliphatic carbocycles. The molecule has 0 spiro atoms. The van der Waals surface area contributed by atoms with Crippen molar-refractivity contribution in [1.29, 1.82) is 0 Å². The molecule has 112 valence electrons. The van der Waals surface area contributed by atoms with Crippen molar-refractivity contribution in [3.8, 4) is 0 Å². The van der Waals surface area contributed by atoms with Gasteiger partial charge in [-0.05, 0) is 57.4 Å². The lowest BCUT2D eigenvalue weighted by atomic mass is 9.78. The predicted octanol–water partition coefficient (Wildman–Crippen LogP) is 3.08. The van der Waals surface area contributed by atoms with Gasteiger partial charge in [-0.3, -0.25) is 0 Å². The minimum atomic E-state index is -0.306. The molecule has 1 N–H and O–H groups in total. The van der Waals surface area contributed by atoms with Crippen LogP contribution in [0.5, 0.6) is 0 Å². The summed E-state index contributed by atoms with van der Waals surface area (Å²) in [5.74, 6) is 0. The van der Waals surface area contributed by atoms with Crippen LogP contribution in [0.1, 0.15) is 40.2 Å². The zero-order valence-corrected chi connectivity index (χ0v) is 13.6. The van der Waals surface area contributed by atoms with Crippen LogP contribution in [0.3, 0.4) is 0 Å². The van der Waals surface area contributed by atoms with Crippen LogP contribution in [0.2, 0.25) is 0 Å². The van der Waals surface area contributed by atoms with Crippen molar-refractivity contribution in [1.82, 2.24) is 5.32 Å². The normalized spacial score (nSPS) is 20.4. The van der Waals surface area contributed by atoms with Crippen LogP contribution in [0, 0.1) is 0 Å². The first-order chi connectivity index (χ1) is 9.77. The highest BCUT2D eigenvalue weighted by Gasteiger charge is 2.51. The number of benzene rings is 1. The Morgan fingerprint density at radius 2 is 1.62 bits per heavy atom. The molecule has 1 aromatic carbocycles. The summed E-state index contributed by atoms with van der Waals surface area (Å²) in [7, 11) is -0.306. The van der Waals surface area contributed by atoms with Crippen LogP contribution in [0.15, 0.2) is 43.2 Å². The van der Waals surface area contributed by atoms with E-state index in [1.165, 1.54) is 0 Å². The maximum atomic E-state index is 6.05. The summed E-state index contributed by atoms with van der Waals surface area (Å²) in [5, 5.41) is 2.99. The lowest BCUT2D eigenvalue weighted by molar-refractivity contribution is 0.00578. The average molecular weight is 285 g/mol. The van der Waals surface area contributed by atoms with Crippen molar-refractivity contribution in [2.24, 2.45) is 0 Å². The Morgan fingerprint density at radius 3 is 2.10 bits per heavy atom. The van der Waals surface area contributed by atoms with Gasteiger partial charge in [-0.2, -0.15) is 0 Å². The molecular weight excluding hydrogens is 261 g/mol. The number of hydrogen-bond acceptors (Lipinski definition) is 3. The van der Waals surface area contributed by atoms with Crippen LogP contribution >= 0.6 is 0 Å². The quantitative estimate of drug-likeness (QED) is 0.862. The van der Waals surface area contributed by atoms with E-state index < -0.39 is 0 Å². The summed E-state index contributed by atoms with van der Waals surface area (Å²) in [4.78, 5) is 0. The molecule has 0 bridgehead atoms. The second-order valence-electron chi connectivity index (χ2n) is 6.41. The fourth-order valence-corrected chi connectivity index (χ4v) is 2.15. The van der Waals surface area contributed by atoms with Crippen LogP contribution in [-0.2, 0) is 9.31 Å². The van der Waals surface area contributed by atoms with Crippen molar-refractivity contribution in [2.75, 3.05) is 0 Å². The van der Waals surface area contributed by atoms with E-state index >= 15 is 0 Å². The highest BCUT2D eigenvalue weighted by molar-refractivity contribution is 6.62. The molecule has 2 rings (SSSR count). The molecule has 0 radical (unpaired) electrons. The van der Waals surface area contributed by atoms with Gasteiger partial charge < -0.3 is 14.6 Å². The molecule has 0 atom stereocenters. The Balaban J connectivity index is 2.16. The summed E-state index contributed by atoms with van der Waals surface area (Å²) >= 11 is 0. The molecule has 0 unspecified atom stereocenters. The number of hydrogen-bond donors (Lipinski definition) is 1. The van der Waals surface area contributed by atoms with E-state index in [0.29, 0.717) is 0 Å². The first-order valence-electron chi connectivity index (χ1n) is 7.26. The zero-order valence-electron chi connectivity index (χ0n) is 13.6. The first kappa shape index (κ1) is 15.9.